The summed E-state index contributed by atoms with van der Waals surface area (Å²) in [5.41, 5.74) is 3.26. The monoisotopic (exact) mass is 399 g/mol. The van der Waals surface area contributed by atoms with E-state index in [4.69, 9.17) is 21.3 Å². The van der Waals surface area contributed by atoms with Gasteiger partial charge in [0, 0.05) is 25.6 Å². The Labute approximate surface area is 167 Å². The van der Waals surface area contributed by atoms with Gasteiger partial charge in [-0.1, -0.05) is 30.9 Å². The summed E-state index contributed by atoms with van der Waals surface area (Å²) in [6.07, 6.45) is 8.13. The number of rotatable bonds is 3. The third-order valence-corrected chi connectivity index (χ3v) is 6.11. The minimum Gasteiger partial charge on any atom is -0.493 e. The summed E-state index contributed by atoms with van der Waals surface area (Å²) < 4.78 is 9.04. The summed E-state index contributed by atoms with van der Waals surface area (Å²) in [5.74, 6) is 1.27. The summed E-state index contributed by atoms with van der Waals surface area (Å²) in [6, 6.07) is 4.01. The molecule has 2 aliphatic rings. The second-order valence-electron chi connectivity index (χ2n) is 7.57. The molecule has 1 fully saturated rings. The molecule has 0 spiro atoms. The van der Waals surface area contributed by atoms with Gasteiger partial charge in [0.15, 0.2) is 5.65 Å². The molecule has 0 amide bonds. The largest absolute Gasteiger partial charge is 0.493 e. The molecule has 1 saturated carbocycles. The van der Waals surface area contributed by atoms with E-state index in [2.05, 4.69) is 10.3 Å². The van der Waals surface area contributed by atoms with Gasteiger partial charge in [-0.3, -0.25) is 9.13 Å². The Hall–Kier alpha value is -2.54. The van der Waals surface area contributed by atoms with Crippen LogP contribution >= 0.6 is 11.6 Å². The first-order chi connectivity index (χ1) is 13.6. The molecule has 1 aliphatic heterocycles. The molecule has 1 aliphatic carbocycles. The van der Waals surface area contributed by atoms with E-state index in [1.807, 2.05) is 16.7 Å². The Morgan fingerprint density at radius 3 is 2.89 bits per heavy atom. The smallest absolute Gasteiger partial charge is 0.330 e. The number of imidazole rings is 1. The predicted molar refractivity (Wildman–Crippen MR) is 109 cm³/mol. The van der Waals surface area contributed by atoms with E-state index >= 15 is 0 Å². The van der Waals surface area contributed by atoms with Crippen molar-refractivity contribution in [1.29, 1.82) is 0 Å². The molecule has 0 atom stereocenters. The molecule has 0 bridgehead atoms. The van der Waals surface area contributed by atoms with Crippen LogP contribution in [0.5, 0.6) is 5.75 Å². The van der Waals surface area contributed by atoms with Crippen molar-refractivity contribution in [3.63, 3.8) is 0 Å². The third-order valence-electron chi connectivity index (χ3n) is 5.80. The van der Waals surface area contributed by atoms with Crippen LogP contribution in [0.3, 0.4) is 0 Å². The minimum atomic E-state index is -0.0268. The normalized spacial score (nSPS) is 16.9. The van der Waals surface area contributed by atoms with E-state index in [1.54, 1.807) is 17.8 Å². The molecule has 3 aromatic rings. The van der Waals surface area contributed by atoms with E-state index < -0.39 is 0 Å². The van der Waals surface area contributed by atoms with Gasteiger partial charge in [0.05, 0.1) is 23.5 Å². The van der Waals surface area contributed by atoms with Gasteiger partial charge in [0.2, 0.25) is 5.95 Å². The van der Waals surface area contributed by atoms with E-state index in [1.165, 1.54) is 6.42 Å². The number of aryl methyl sites for hydroxylation is 1. The van der Waals surface area contributed by atoms with Gasteiger partial charge in [-0.2, -0.15) is 4.98 Å². The van der Waals surface area contributed by atoms with Crippen LogP contribution in [0.1, 0.15) is 43.7 Å². The zero-order chi connectivity index (χ0) is 19.3. The maximum Gasteiger partial charge on any atom is 0.330 e. The molecule has 7 nitrogen and oxygen atoms in total. The summed E-state index contributed by atoms with van der Waals surface area (Å²) in [6.45, 7) is 0.676. The van der Waals surface area contributed by atoms with Crippen molar-refractivity contribution < 1.29 is 4.74 Å². The van der Waals surface area contributed by atoms with Crippen molar-refractivity contribution >= 4 is 34.4 Å². The van der Waals surface area contributed by atoms with Crippen molar-refractivity contribution in [2.75, 3.05) is 11.9 Å². The Morgan fingerprint density at radius 2 is 2.07 bits per heavy atom. The van der Waals surface area contributed by atoms with Crippen LogP contribution in [0.4, 0.5) is 11.6 Å². The molecule has 1 aromatic carbocycles. The number of nitrogens with zero attached hydrogens (tertiary/aromatic N) is 4. The number of ether oxygens (including phenoxy) is 1. The maximum absolute atomic E-state index is 12.8. The highest BCUT2D eigenvalue weighted by Crippen LogP contribution is 2.35. The van der Waals surface area contributed by atoms with Crippen molar-refractivity contribution in [3.8, 4) is 5.75 Å². The summed E-state index contributed by atoms with van der Waals surface area (Å²) in [4.78, 5) is 21.9. The molecular formula is C20H22ClN5O2. The fourth-order valence-corrected chi connectivity index (χ4v) is 4.48. The minimum absolute atomic E-state index is 0.0268. The molecular weight excluding hydrogens is 378 g/mol. The number of hydrogen-bond donors (Lipinski definition) is 1. The van der Waals surface area contributed by atoms with Crippen LogP contribution < -0.4 is 15.7 Å². The lowest BCUT2D eigenvalue weighted by Gasteiger charge is -2.22. The van der Waals surface area contributed by atoms with Gasteiger partial charge in [-0.05, 0) is 24.5 Å². The number of benzene rings is 1. The zero-order valence-corrected chi connectivity index (χ0v) is 16.5. The molecule has 5 rings (SSSR count). The lowest BCUT2D eigenvalue weighted by atomic mass is 9.95. The lowest BCUT2D eigenvalue weighted by Crippen LogP contribution is -2.27. The van der Waals surface area contributed by atoms with Gasteiger partial charge < -0.3 is 10.1 Å². The average molecular weight is 400 g/mol. The van der Waals surface area contributed by atoms with Crippen LogP contribution in [-0.2, 0) is 13.5 Å². The van der Waals surface area contributed by atoms with Crippen LogP contribution in [0.2, 0.25) is 5.02 Å². The number of halogens is 1. The van der Waals surface area contributed by atoms with Gasteiger partial charge in [-0.25, -0.2) is 9.78 Å². The van der Waals surface area contributed by atoms with Gasteiger partial charge in [0.1, 0.15) is 11.3 Å². The average Bonchev–Trinajstić information content (AvgIpc) is 3.25. The van der Waals surface area contributed by atoms with Crippen LogP contribution in [0, 0.1) is 0 Å². The van der Waals surface area contributed by atoms with Gasteiger partial charge >= 0.3 is 5.69 Å². The van der Waals surface area contributed by atoms with E-state index in [0.29, 0.717) is 23.2 Å². The predicted octanol–water partition coefficient (Wildman–Crippen LogP) is 3.97. The van der Waals surface area contributed by atoms with E-state index in [0.717, 1.165) is 54.6 Å². The molecule has 1 N–H and O–H groups in total. The van der Waals surface area contributed by atoms with Crippen molar-refractivity contribution in [1.82, 2.24) is 19.1 Å². The Kier molecular flexibility index (Phi) is 4.27. The molecule has 3 heterocycles. The maximum atomic E-state index is 12.8. The molecule has 0 unspecified atom stereocenters. The number of anilines is 2. The quantitative estimate of drug-likeness (QED) is 0.721. The Balaban J connectivity index is 1.55. The third kappa shape index (κ3) is 2.85. The molecule has 146 valence electrons. The van der Waals surface area contributed by atoms with Gasteiger partial charge in [0.25, 0.3) is 0 Å². The zero-order valence-electron chi connectivity index (χ0n) is 15.7. The topological polar surface area (TPSA) is 74.0 Å². The molecule has 2 aromatic heterocycles. The van der Waals surface area contributed by atoms with E-state index in [-0.39, 0.29) is 11.7 Å². The van der Waals surface area contributed by atoms with Crippen molar-refractivity contribution in [2.45, 2.75) is 44.6 Å². The first-order valence-corrected chi connectivity index (χ1v) is 10.2. The fourth-order valence-electron chi connectivity index (χ4n) is 4.28. The Bertz CT molecular complexity index is 1110. The number of fused-ring (bicyclic) bond motifs is 2. The lowest BCUT2D eigenvalue weighted by molar-refractivity contribution is 0.350. The summed E-state index contributed by atoms with van der Waals surface area (Å²) >= 11 is 6.40. The SMILES string of the molecule is Cn1c(=O)n(C2CCCCC2)c2nc(Nc3cc4c(cc3Cl)OCC4)ncc21. The van der Waals surface area contributed by atoms with Crippen LogP contribution in [0.15, 0.2) is 23.1 Å². The van der Waals surface area contributed by atoms with Crippen molar-refractivity contribution in [2.24, 2.45) is 7.05 Å². The molecule has 0 saturated heterocycles. The van der Waals surface area contributed by atoms with Gasteiger partial charge in [-0.15, -0.1) is 0 Å². The fraction of sp³-hybridized carbons (Fsp3) is 0.450. The van der Waals surface area contributed by atoms with Crippen LogP contribution in [-0.4, -0.2) is 25.7 Å². The van der Waals surface area contributed by atoms with E-state index in [9.17, 15) is 4.79 Å². The second kappa shape index (κ2) is 6.81. The highest BCUT2D eigenvalue weighted by atomic mass is 35.5. The first-order valence-electron chi connectivity index (χ1n) is 9.78. The molecule has 28 heavy (non-hydrogen) atoms. The highest BCUT2D eigenvalue weighted by Gasteiger charge is 2.23. The standard InChI is InChI=1S/C20H22ClN5O2/c1-25-16-11-22-19(23-15-9-12-7-8-28-17(12)10-14(15)21)24-18(16)26(20(25)27)13-5-3-2-4-6-13/h9-11,13H,2-8H2,1H3,(H,22,23,24). The van der Waals surface area contributed by atoms with Crippen molar-refractivity contribution in [3.05, 3.63) is 39.4 Å². The first kappa shape index (κ1) is 17.6. The van der Waals surface area contributed by atoms with Crippen LogP contribution in [0.25, 0.3) is 11.2 Å². The Morgan fingerprint density at radius 1 is 1.25 bits per heavy atom. The molecule has 8 heteroatoms. The summed E-state index contributed by atoms with van der Waals surface area (Å²) in [7, 11) is 1.78. The number of hydrogen-bond acceptors (Lipinski definition) is 5. The summed E-state index contributed by atoms with van der Waals surface area (Å²) in [5, 5.41) is 3.78. The number of aromatic nitrogens is 4. The second-order valence-corrected chi connectivity index (χ2v) is 7.98. The number of nitrogens with one attached hydrogen (secondary N) is 1. The highest BCUT2D eigenvalue weighted by molar-refractivity contribution is 6.33. The molecule has 0 radical (unpaired) electrons.